The van der Waals surface area contributed by atoms with Crippen LogP contribution in [0, 0.1) is 5.92 Å². The van der Waals surface area contributed by atoms with Crippen LogP contribution in [0.3, 0.4) is 0 Å². The summed E-state index contributed by atoms with van der Waals surface area (Å²) in [4.78, 5) is 42.0. The number of hydrogen-bond donors (Lipinski definition) is 2. The fraction of sp³-hybridized carbons (Fsp3) is 0.324. The largest absolute Gasteiger partial charge is 0.486 e. The van der Waals surface area contributed by atoms with Crippen molar-refractivity contribution in [1.29, 1.82) is 0 Å². The van der Waals surface area contributed by atoms with Crippen LogP contribution in [0.2, 0.25) is 0 Å². The first-order valence-electron chi connectivity index (χ1n) is 15.8. The lowest BCUT2D eigenvalue weighted by molar-refractivity contribution is 0.101. The molecule has 7 rings (SSSR count). The molecule has 4 aromatic rings. The van der Waals surface area contributed by atoms with Gasteiger partial charge in [-0.1, -0.05) is 39.0 Å². The van der Waals surface area contributed by atoms with Crippen molar-refractivity contribution in [2.75, 3.05) is 41.8 Å². The second-order valence-corrected chi connectivity index (χ2v) is 13.4. The standard InChI is InChI=1S/C37H38N4O5/c1-37(2,3)27-10-7-24(8-11-27)35(43)39-29-18-25(36(44)38-28-12-14-32-33(19-28)46-16-15-45-32)9-13-31(29)40-20-23-17-26(22-40)30-5-4-6-34(42)41(30)21-23/h4-14,18-19,23,26H,15-17,20-22H2,1-3H3,(H,38,44)(H,39,43)/t23-,26+/m1/s1. The summed E-state index contributed by atoms with van der Waals surface area (Å²) in [5, 5.41) is 6.08. The van der Waals surface area contributed by atoms with Gasteiger partial charge in [-0.05, 0) is 71.8 Å². The van der Waals surface area contributed by atoms with Gasteiger partial charge in [0.05, 0.1) is 11.4 Å². The lowest BCUT2D eigenvalue weighted by Crippen LogP contribution is -2.47. The maximum absolute atomic E-state index is 13.6. The Morgan fingerprint density at radius 2 is 1.52 bits per heavy atom. The summed E-state index contributed by atoms with van der Waals surface area (Å²) in [7, 11) is 0. The summed E-state index contributed by atoms with van der Waals surface area (Å²) >= 11 is 0. The number of benzene rings is 3. The number of piperidine rings is 1. The van der Waals surface area contributed by atoms with Crippen LogP contribution in [0.4, 0.5) is 17.1 Å². The van der Waals surface area contributed by atoms with Gasteiger partial charge in [0.15, 0.2) is 11.5 Å². The quantitative estimate of drug-likeness (QED) is 0.283. The van der Waals surface area contributed by atoms with Gasteiger partial charge in [-0.15, -0.1) is 0 Å². The number of nitrogens with one attached hydrogen (secondary N) is 2. The lowest BCUT2D eigenvalue weighted by atomic mass is 9.83. The predicted octanol–water partition coefficient (Wildman–Crippen LogP) is 6.05. The number of pyridine rings is 1. The number of carbonyl (C=O) groups excluding carboxylic acids is 2. The minimum Gasteiger partial charge on any atom is -0.486 e. The first-order chi connectivity index (χ1) is 22.1. The van der Waals surface area contributed by atoms with Crippen LogP contribution in [0.1, 0.15) is 65.1 Å². The molecule has 0 aliphatic carbocycles. The van der Waals surface area contributed by atoms with Crippen LogP contribution in [-0.2, 0) is 12.0 Å². The van der Waals surface area contributed by atoms with E-state index in [4.69, 9.17) is 9.47 Å². The van der Waals surface area contributed by atoms with Crippen molar-refractivity contribution >= 4 is 28.9 Å². The highest BCUT2D eigenvalue weighted by Crippen LogP contribution is 2.40. The van der Waals surface area contributed by atoms with Gasteiger partial charge in [-0.2, -0.15) is 0 Å². The van der Waals surface area contributed by atoms with E-state index in [9.17, 15) is 14.4 Å². The van der Waals surface area contributed by atoms with Crippen molar-refractivity contribution in [2.24, 2.45) is 5.92 Å². The molecule has 2 N–H and O–H groups in total. The van der Waals surface area contributed by atoms with Gasteiger partial charge in [0.1, 0.15) is 13.2 Å². The molecule has 2 amide bonds. The molecule has 3 aliphatic heterocycles. The molecule has 9 nitrogen and oxygen atoms in total. The minimum absolute atomic E-state index is 0.0306. The summed E-state index contributed by atoms with van der Waals surface area (Å²) < 4.78 is 13.2. The summed E-state index contributed by atoms with van der Waals surface area (Å²) in [6.45, 7) is 9.46. The third-order valence-corrected chi connectivity index (χ3v) is 9.14. The second-order valence-electron chi connectivity index (χ2n) is 13.4. The van der Waals surface area contributed by atoms with Gasteiger partial charge in [0, 0.05) is 60.2 Å². The molecule has 4 heterocycles. The Balaban J connectivity index is 1.19. The average Bonchev–Trinajstić information content (AvgIpc) is 3.05. The predicted molar refractivity (Wildman–Crippen MR) is 179 cm³/mol. The Labute approximate surface area is 268 Å². The van der Waals surface area contributed by atoms with Gasteiger partial charge in [0.2, 0.25) is 0 Å². The van der Waals surface area contributed by atoms with E-state index < -0.39 is 0 Å². The van der Waals surface area contributed by atoms with Crippen molar-refractivity contribution in [3.8, 4) is 11.5 Å². The van der Waals surface area contributed by atoms with Gasteiger partial charge >= 0.3 is 0 Å². The van der Waals surface area contributed by atoms with Crippen molar-refractivity contribution in [1.82, 2.24) is 4.57 Å². The van der Waals surface area contributed by atoms with E-state index in [-0.39, 0.29) is 34.6 Å². The van der Waals surface area contributed by atoms with Gasteiger partial charge in [-0.25, -0.2) is 0 Å². The van der Waals surface area contributed by atoms with Crippen molar-refractivity contribution in [3.63, 3.8) is 0 Å². The number of fused-ring (bicyclic) bond motifs is 5. The molecule has 1 saturated heterocycles. The first-order valence-corrected chi connectivity index (χ1v) is 15.8. The smallest absolute Gasteiger partial charge is 0.255 e. The fourth-order valence-electron chi connectivity index (χ4n) is 6.79. The Bertz CT molecular complexity index is 1870. The number of hydrogen-bond acceptors (Lipinski definition) is 6. The molecule has 0 saturated carbocycles. The van der Waals surface area contributed by atoms with Crippen LogP contribution < -0.4 is 30.6 Å². The van der Waals surface area contributed by atoms with Crippen LogP contribution in [0.25, 0.3) is 0 Å². The molecule has 3 aliphatic rings. The molecule has 2 bridgehead atoms. The second kappa shape index (κ2) is 11.7. The highest BCUT2D eigenvalue weighted by molar-refractivity contribution is 6.09. The highest BCUT2D eigenvalue weighted by atomic mass is 16.6. The zero-order chi connectivity index (χ0) is 32.0. The van der Waals surface area contributed by atoms with E-state index in [0.29, 0.717) is 60.3 Å². The number of ether oxygens (including phenoxy) is 2. The van der Waals surface area contributed by atoms with Crippen molar-refractivity contribution in [2.45, 2.75) is 45.1 Å². The van der Waals surface area contributed by atoms with E-state index in [1.807, 2.05) is 47.0 Å². The Morgan fingerprint density at radius 1 is 0.783 bits per heavy atom. The van der Waals surface area contributed by atoms with E-state index >= 15 is 0 Å². The molecule has 0 unspecified atom stereocenters. The first kappa shape index (κ1) is 29.6. The minimum atomic E-state index is -0.308. The van der Waals surface area contributed by atoms with Crippen molar-refractivity contribution in [3.05, 3.63) is 112 Å². The van der Waals surface area contributed by atoms with Crippen LogP contribution in [0.15, 0.2) is 83.7 Å². The number of nitrogens with zero attached hydrogens (tertiary/aromatic N) is 2. The van der Waals surface area contributed by atoms with Crippen LogP contribution in [-0.4, -0.2) is 42.7 Å². The SMILES string of the molecule is CC(C)(C)c1ccc(C(=O)Nc2cc(C(=O)Nc3ccc4c(c3)OCCO4)ccc2N2C[C@H]3C[C@@H](C2)c2cccc(=O)n2C3)cc1. The van der Waals surface area contributed by atoms with Crippen LogP contribution >= 0.6 is 0 Å². The lowest BCUT2D eigenvalue weighted by Gasteiger charge is -2.44. The van der Waals surface area contributed by atoms with Crippen molar-refractivity contribution < 1.29 is 19.1 Å². The molecule has 9 heteroatoms. The maximum atomic E-state index is 13.6. The molecule has 1 aromatic heterocycles. The van der Waals surface area contributed by atoms with Crippen LogP contribution in [0.5, 0.6) is 11.5 Å². The Kier molecular flexibility index (Phi) is 7.55. The molecule has 1 fully saturated rings. The Hall–Kier alpha value is -5.05. The number of anilines is 3. The zero-order valence-corrected chi connectivity index (χ0v) is 26.3. The average molecular weight is 619 g/mol. The summed E-state index contributed by atoms with van der Waals surface area (Å²) in [5.41, 5.74) is 5.13. The summed E-state index contributed by atoms with van der Waals surface area (Å²) in [6, 6.07) is 23.9. The van der Waals surface area contributed by atoms with E-state index in [1.54, 1.807) is 36.4 Å². The molecule has 0 spiro atoms. The molecule has 2 atom stereocenters. The molecule has 0 radical (unpaired) electrons. The van der Waals surface area contributed by atoms with Gasteiger partial charge in [-0.3, -0.25) is 14.4 Å². The summed E-state index contributed by atoms with van der Waals surface area (Å²) in [6.07, 6.45) is 1.01. The third kappa shape index (κ3) is 5.85. The van der Waals surface area contributed by atoms with Gasteiger partial charge in [0.25, 0.3) is 17.4 Å². The number of amides is 2. The molecule has 236 valence electrons. The van der Waals surface area contributed by atoms with Gasteiger partial charge < -0.3 is 29.6 Å². The fourth-order valence-corrected chi connectivity index (χ4v) is 6.79. The number of carbonyl (C=O) groups is 2. The topological polar surface area (TPSA) is 102 Å². The third-order valence-electron chi connectivity index (χ3n) is 9.14. The van der Waals surface area contributed by atoms with E-state index in [2.05, 4.69) is 36.3 Å². The summed E-state index contributed by atoms with van der Waals surface area (Å²) in [5.74, 6) is 1.15. The molecule has 3 aromatic carbocycles. The molecular weight excluding hydrogens is 580 g/mol. The van der Waals surface area contributed by atoms with E-state index in [1.165, 1.54) is 0 Å². The maximum Gasteiger partial charge on any atom is 0.255 e. The monoisotopic (exact) mass is 618 g/mol. The zero-order valence-electron chi connectivity index (χ0n) is 26.3. The molecular formula is C37H38N4O5. The Morgan fingerprint density at radius 3 is 2.30 bits per heavy atom. The molecule has 46 heavy (non-hydrogen) atoms. The highest BCUT2D eigenvalue weighted by Gasteiger charge is 2.35. The number of rotatable bonds is 5. The number of aromatic nitrogens is 1. The normalized spacial score (nSPS) is 18.4. The van der Waals surface area contributed by atoms with E-state index in [0.717, 1.165) is 29.9 Å².